The Morgan fingerprint density at radius 1 is 1.29 bits per heavy atom. The molecule has 0 aromatic heterocycles. The minimum absolute atomic E-state index is 0.134. The highest BCUT2D eigenvalue weighted by Gasteiger charge is 2.04. The van der Waals surface area contributed by atoms with E-state index < -0.39 is 5.97 Å². The van der Waals surface area contributed by atoms with E-state index in [0.29, 0.717) is 17.7 Å². The summed E-state index contributed by atoms with van der Waals surface area (Å²) in [6.07, 6.45) is 4.49. The number of nitrogens with zero attached hydrogens (tertiary/aromatic N) is 1. The summed E-state index contributed by atoms with van der Waals surface area (Å²) >= 11 is 0. The number of rotatable bonds is 8. The molecule has 0 unspecified atom stereocenters. The Labute approximate surface area is 125 Å². The summed E-state index contributed by atoms with van der Waals surface area (Å²) in [4.78, 5) is 24.6. The molecule has 0 spiro atoms. The molecule has 0 radical (unpaired) electrons. The molecule has 114 valence electrons. The van der Waals surface area contributed by atoms with Crippen LogP contribution < -0.4 is 5.32 Å². The molecular formula is C16H22N2O3. The molecule has 0 heterocycles. The molecule has 1 amide bonds. The zero-order valence-electron chi connectivity index (χ0n) is 12.5. The van der Waals surface area contributed by atoms with Crippen LogP contribution in [0.3, 0.4) is 0 Å². The van der Waals surface area contributed by atoms with Crippen molar-refractivity contribution in [3.8, 4) is 0 Å². The fourth-order valence-corrected chi connectivity index (χ4v) is 1.81. The van der Waals surface area contributed by atoms with E-state index in [1.54, 1.807) is 24.3 Å². The average molecular weight is 290 g/mol. The molecule has 0 saturated heterocycles. The zero-order valence-corrected chi connectivity index (χ0v) is 12.5. The number of unbranched alkanes of at least 4 members (excludes halogenated alkanes) is 1. The number of aliphatic carboxylic acids is 1. The number of nitrogens with one attached hydrogen (secondary N) is 1. The lowest BCUT2D eigenvalue weighted by Gasteiger charge is -2.09. The normalized spacial score (nSPS) is 11.0. The minimum atomic E-state index is -1.01. The van der Waals surface area contributed by atoms with Gasteiger partial charge in [0.15, 0.2) is 0 Å². The van der Waals surface area contributed by atoms with Gasteiger partial charge in [-0.05, 0) is 57.3 Å². The first kappa shape index (κ1) is 16.9. The molecule has 1 aromatic carbocycles. The van der Waals surface area contributed by atoms with Crippen molar-refractivity contribution in [1.29, 1.82) is 0 Å². The number of carboxylic acids is 1. The minimum Gasteiger partial charge on any atom is -0.478 e. The van der Waals surface area contributed by atoms with Gasteiger partial charge in [-0.1, -0.05) is 12.1 Å². The first-order valence-electron chi connectivity index (χ1n) is 6.93. The largest absolute Gasteiger partial charge is 0.478 e. The highest BCUT2D eigenvalue weighted by atomic mass is 16.4. The topological polar surface area (TPSA) is 69.6 Å². The first-order chi connectivity index (χ1) is 9.99. The van der Waals surface area contributed by atoms with Gasteiger partial charge in [-0.15, -0.1) is 0 Å². The Morgan fingerprint density at radius 2 is 2.05 bits per heavy atom. The van der Waals surface area contributed by atoms with Crippen molar-refractivity contribution >= 4 is 18.0 Å². The van der Waals surface area contributed by atoms with Crippen molar-refractivity contribution < 1.29 is 14.7 Å². The van der Waals surface area contributed by atoms with Gasteiger partial charge in [0.25, 0.3) is 5.91 Å². The van der Waals surface area contributed by atoms with Crippen LogP contribution in [0.5, 0.6) is 0 Å². The third-order valence-electron chi connectivity index (χ3n) is 2.88. The number of benzene rings is 1. The summed E-state index contributed by atoms with van der Waals surface area (Å²) < 4.78 is 0. The Bertz CT molecular complexity index is 510. The smallest absolute Gasteiger partial charge is 0.328 e. The molecule has 21 heavy (non-hydrogen) atoms. The molecule has 0 atom stereocenters. The predicted molar refractivity (Wildman–Crippen MR) is 83.2 cm³/mol. The van der Waals surface area contributed by atoms with Gasteiger partial charge in [0.05, 0.1) is 0 Å². The van der Waals surface area contributed by atoms with Gasteiger partial charge in [0, 0.05) is 18.2 Å². The maximum Gasteiger partial charge on any atom is 0.328 e. The van der Waals surface area contributed by atoms with Crippen LogP contribution in [0.4, 0.5) is 0 Å². The fourth-order valence-electron chi connectivity index (χ4n) is 1.81. The summed E-state index contributed by atoms with van der Waals surface area (Å²) in [6.45, 7) is 1.65. The first-order valence-corrected chi connectivity index (χ1v) is 6.93. The second kappa shape index (κ2) is 8.92. The van der Waals surface area contributed by atoms with Gasteiger partial charge in [0.2, 0.25) is 0 Å². The Hall–Kier alpha value is -2.14. The molecule has 5 heteroatoms. The second-order valence-electron chi connectivity index (χ2n) is 5.06. The second-order valence-corrected chi connectivity index (χ2v) is 5.06. The van der Waals surface area contributed by atoms with Crippen LogP contribution in [0.15, 0.2) is 30.3 Å². The van der Waals surface area contributed by atoms with Crippen LogP contribution in [-0.4, -0.2) is 49.1 Å². The van der Waals surface area contributed by atoms with E-state index in [1.165, 1.54) is 6.08 Å². The molecule has 0 aliphatic carbocycles. The molecule has 1 rings (SSSR count). The van der Waals surface area contributed by atoms with Crippen molar-refractivity contribution in [2.45, 2.75) is 12.8 Å². The summed E-state index contributed by atoms with van der Waals surface area (Å²) in [6, 6.07) is 6.89. The SMILES string of the molecule is CN(C)CCCCNC(=O)c1cccc(C=CC(=O)O)c1. The average Bonchev–Trinajstić information content (AvgIpc) is 2.44. The quantitative estimate of drug-likeness (QED) is 0.566. The summed E-state index contributed by atoms with van der Waals surface area (Å²) in [5, 5.41) is 11.5. The van der Waals surface area contributed by atoms with E-state index in [4.69, 9.17) is 5.11 Å². The Morgan fingerprint density at radius 3 is 2.71 bits per heavy atom. The molecular weight excluding hydrogens is 268 g/mol. The van der Waals surface area contributed by atoms with Crippen molar-refractivity contribution in [1.82, 2.24) is 10.2 Å². The molecule has 5 nitrogen and oxygen atoms in total. The summed E-state index contributed by atoms with van der Waals surface area (Å²) in [7, 11) is 4.05. The zero-order chi connectivity index (χ0) is 15.7. The molecule has 0 aliphatic heterocycles. The highest BCUT2D eigenvalue weighted by Crippen LogP contribution is 2.07. The maximum atomic E-state index is 12.0. The van der Waals surface area contributed by atoms with Crippen molar-refractivity contribution in [3.63, 3.8) is 0 Å². The van der Waals surface area contributed by atoms with Gasteiger partial charge in [-0.25, -0.2) is 4.79 Å². The Kier molecular flexibility index (Phi) is 7.18. The molecule has 0 aliphatic rings. The lowest BCUT2D eigenvalue weighted by Crippen LogP contribution is -2.25. The summed E-state index contributed by atoms with van der Waals surface area (Å²) in [5.74, 6) is -1.14. The van der Waals surface area contributed by atoms with E-state index in [2.05, 4.69) is 10.2 Å². The molecule has 2 N–H and O–H groups in total. The highest BCUT2D eigenvalue weighted by molar-refractivity contribution is 5.95. The standard InChI is InChI=1S/C16H22N2O3/c1-18(2)11-4-3-10-17-16(21)14-7-5-6-13(12-14)8-9-15(19)20/h5-9,12H,3-4,10-11H2,1-2H3,(H,17,21)(H,19,20). The van der Waals surface area contributed by atoms with E-state index in [0.717, 1.165) is 25.5 Å². The van der Waals surface area contributed by atoms with Crippen molar-refractivity contribution in [2.24, 2.45) is 0 Å². The van der Waals surface area contributed by atoms with Crippen molar-refractivity contribution in [2.75, 3.05) is 27.2 Å². The number of carbonyl (C=O) groups excluding carboxylic acids is 1. The Balaban J connectivity index is 2.47. The molecule has 0 saturated carbocycles. The lowest BCUT2D eigenvalue weighted by atomic mass is 10.1. The van der Waals surface area contributed by atoms with Crippen molar-refractivity contribution in [3.05, 3.63) is 41.5 Å². The number of carboxylic acid groups (broad SMARTS) is 1. The van der Waals surface area contributed by atoms with Gasteiger partial charge in [-0.2, -0.15) is 0 Å². The van der Waals surface area contributed by atoms with E-state index in [1.807, 2.05) is 14.1 Å². The molecule has 0 fully saturated rings. The van der Waals surface area contributed by atoms with Gasteiger partial charge in [0.1, 0.15) is 0 Å². The van der Waals surface area contributed by atoms with Gasteiger partial charge < -0.3 is 15.3 Å². The predicted octanol–water partition coefficient (Wildman–Crippen LogP) is 1.86. The van der Waals surface area contributed by atoms with E-state index in [9.17, 15) is 9.59 Å². The summed E-state index contributed by atoms with van der Waals surface area (Å²) in [5.41, 5.74) is 1.23. The van der Waals surface area contributed by atoms with Crippen LogP contribution in [0, 0.1) is 0 Å². The van der Waals surface area contributed by atoms with Gasteiger partial charge >= 0.3 is 5.97 Å². The van der Waals surface area contributed by atoms with Crippen LogP contribution >= 0.6 is 0 Å². The third kappa shape index (κ3) is 7.27. The maximum absolute atomic E-state index is 12.0. The number of amides is 1. The van der Waals surface area contributed by atoms with Crippen LogP contribution in [-0.2, 0) is 4.79 Å². The van der Waals surface area contributed by atoms with Crippen LogP contribution in [0.25, 0.3) is 6.08 Å². The molecule has 0 bridgehead atoms. The third-order valence-corrected chi connectivity index (χ3v) is 2.88. The molecule has 1 aromatic rings. The van der Waals surface area contributed by atoms with E-state index >= 15 is 0 Å². The van der Waals surface area contributed by atoms with Crippen LogP contribution in [0.2, 0.25) is 0 Å². The van der Waals surface area contributed by atoms with E-state index in [-0.39, 0.29) is 5.91 Å². The van der Waals surface area contributed by atoms with Crippen LogP contribution in [0.1, 0.15) is 28.8 Å². The lowest BCUT2D eigenvalue weighted by molar-refractivity contribution is -0.131. The monoisotopic (exact) mass is 290 g/mol. The number of hydrogen-bond acceptors (Lipinski definition) is 3. The number of hydrogen-bond donors (Lipinski definition) is 2. The van der Waals surface area contributed by atoms with Gasteiger partial charge in [-0.3, -0.25) is 4.79 Å². The fraction of sp³-hybridized carbons (Fsp3) is 0.375. The number of carbonyl (C=O) groups is 2.